The highest BCUT2D eigenvalue weighted by molar-refractivity contribution is 5.35. The molecule has 5 heteroatoms. The Kier molecular flexibility index (Phi) is 7.24. The number of aliphatic hydroxyl groups is 2. The van der Waals surface area contributed by atoms with Gasteiger partial charge in [-0.3, -0.25) is 0 Å². The Bertz CT molecular complexity index is 697. The number of aliphatic hydroxyl groups excluding tert-OH is 2. The van der Waals surface area contributed by atoms with Crippen molar-refractivity contribution in [1.29, 1.82) is 0 Å². The van der Waals surface area contributed by atoms with Gasteiger partial charge in [0.1, 0.15) is 11.5 Å². The van der Waals surface area contributed by atoms with Crippen molar-refractivity contribution < 1.29 is 14.9 Å². The topological polar surface area (TPSA) is 65.0 Å². The predicted octanol–water partition coefficient (Wildman–Crippen LogP) is 2.69. The molecular weight excluding hydrogens is 340 g/mol. The lowest BCUT2D eigenvalue weighted by atomic mass is 10.1. The normalized spacial score (nSPS) is 17.0. The molecule has 0 amide bonds. The van der Waals surface area contributed by atoms with Crippen LogP contribution in [0.1, 0.15) is 24.0 Å². The van der Waals surface area contributed by atoms with Crippen molar-refractivity contribution in [1.82, 2.24) is 10.2 Å². The van der Waals surface area contributed by atoms with E-state index in [9.17, 15) is 10.2 Å². The van der Waals surface area contributed by atoms with E-state index < -0.39 is 0 Å². The maximum atomic E-state index is 9.70. The number of likely N-dealkylation sites (tertiary alicyclic amines) is 1. The summed E-state index contributed by atoms with van der Waals surface area (Å²) in [6.07, 6.45) is 1.46. The number of hydrogen-bond acceptors (Lipinski definition) is 5. The summed E-state index contributed by atoms with van der Waals surface area (Å²) in [7, 11) is 0. The molecule has 1 heterocycles. The molecule has 1 fully saturated rings. The molecule has 0 radical (unpaired) electrons. The minimum atomic E-state index is -0.168. The zero-order valence-electron chi connectivity index (χ0n) is 16.0. The zero-order chi connectivity index (χ0) is 19.1. The van der Waals surface area contributed by atoms with Gasteiger partial charge in [0.05, 0.1) is 12.7 Å². The SMILES string of the molecule is Cc1ccc(Oc2cccc(CNC(CO)CN3CCC(O)CC3)c2)cc1. The second kappa shape index (κ2) is 9.85. The van der Waals surface area contributed by atoms with Crippen LogP contribution in [-0.4, -0.2) is 53.5 Å². The quantitative estimate of drug-likeness (QED) is 0.667. The first kappa shape index (κ1) is 19.8. The second-order valence-electron chi connectivity index (χ2n) is 7.35. The predicted molar refractivity (Wildman–Crippen MR) is 107 cm³/mol. The number of ether oxygens (including phenoxy) is 1. The summed E-state index contributed by atoms with van der Waals surface area (Å²) < 4.78 is 5.93. The van der Waals surface area contributed by atoms with Gasteiger partial charge in [0.25, 0.3) is 0 Å². The van der Waals surface area contributed by atoms with Crippen molar-refractivity contribution in [2.45, 2.75) is 38.5 Å². The van der Waals surface area contributed by atoms with Crippen LogP contribution in [0.3, 0.4) is 0 Å². The van der Waals surface area contributed by atoms with Crippen LogP contribution in [0, 0.1) is 6.92 Å². The Hall–Kier alpha value is -1.92. The van der Waals surface area contributed by atoms with Crippen LogP contribution < -0.4 is 10.1 Å². The Labute approximate surface area is 161 Å². The highest BCUT2D eigenvalue weighted by Crippen LogP contribution is 2.22. The van der Waals surface area contributed by atoms with E-state index in [4.69, 9.17) is 4.74 Å². The average Bonchev–Trinajstić information content (AvgIpc) is 2.69. The third-order valence-electron chi connectivity index (χ3n) is 5.01. The molecule has 1 aliphatic rings. The monoisotopic (exact) mass is 370 g/mol. The Morgan fingerprint density at radius 2 is 1.85 bits per heavy atom. The molecule has 27 heavy (non-hydrogen) atoms. The second-order valence-corrected chi connectivity index (χ2v) is 7.35. The maximum absolute atomic E-state index is 9.70. The van der Waals surface area contributed by atoms with Crippen LogP contribution in [0.15, 0.2) is 48.5 Å². The number of nitrogens with zero attached hydrogens (tertiary/aromatic N) is 1. The van der Waals surface area contributed by atoms with Gasteiger partial charge in [0.2, 0.25) is 0 Å². The van der Waals surface area contributed by atoms with Gasteiger partial charge in [-0.25, -0.2) is 0 Å². The van der Waals surface area contributed by atoms with Crippen LogP contribution in [-0.2, 0) is 6.54 Å². The summed E-state index contributed by atoms with van der Waals surface area (Å²) in [6, 6.07) is 16.0. The third-order valence-corrected chi connectivity index (χ3v) is 5.01. The molecule has 0 bridgehead atoms. The minimum Gasteiger partial charge on any atom is -0.457 e. The summed E-state index contributed by atoms with van der Waals surface area (Å²) >= 11 is 0. The number of aryl methyl sites for hydroxylation is 1. The average molecular weight is 370 g/mol. The van der Waals surface area contributed by atoms with E-state index in [0.717, 1.165) is 49.5 Å². The summed E-state index contributed by atoms with van der Waals surface area (Å²) in [6.45, 7) is 5.40. The van der Waals surface area contributed by atoms with Gasteiger partial charge < -0.3 is 25.2 Å². The standard InChI is InChI=1S/C22H30N2O3/c1-17-5-7-21(8-6-17)27-22-4-2-3-18(13-22)14-23-19(16-25)15-24-11-9-20(26)10-12-24/h2-8,13,19-20,23,25-26H,9-12,14-16H2,1H3. The lowest BCUT2D eigenvalue weighted by Gasteiger charge is -2.32. The number of benzene rings is 2. The van der Waals surface area contributed by atoms with E-state index in [1.165, 1.54) is 5.56 Å². The lowest BCUT2D eigenvalue weighted by molar-refractivity contribution is 0.0723. The van der Waals surface area contributed by atoms with Crippen LogP contribution in [0.2, 0.25) is 0 Å². The number of nitrogens with one attached hydrogen (secondary N) is 1. The van der Waals surface area contributed by atoms with E-state index >= 15 is 0 Å². The number of hydrogen-bond donors (Lipinski definition) is 3. The molecule has 1 saturated heterocycles. The molecule has 1 unspecified atom stereocenters. The molecule has 0 saturated carbocycles. The summed E-state index contributed by atoms with van der Waals surface area (Å²) in [5, 5.41) is 22.7. The lowest BCUT2D eigenvalue weighted by Crippen LogP contribution is -2.46. The first-order valence-electron chi connectivity index (χ1n) is 9.70. The molecular formula is C22H30N2O3. The molecule has 5 nitrogen and oxygen atoms in total. The van der Waals surface area contributed by atoms with E-state index in [2.05, 4.69) is 23.2 Å². The largest absolute Gasteiger partial charge is 0.457 e. The fourth-order valence-electron chi connectivity index (χ4n) is 3.32. The zero-order valence-corrected chi connectivity index (χ0v) is 16.0. The van der Waals surface area contributed by atoms with Crippen LogP contribution in [0.5, 0.6) is 11.5 Å². The maximum Gasteiger partial charge on any atom is 0.127 e. The fraction of sp³-hybridized carbons (Fsp3) is 0.455. The third kappa shape index (κ3) is 6.33. The molecule has 1 atom stereocenters. The molecule has 0 aliphatic carbocycles. The smallest absolute Gasteiger partial charge is 0.127 e. The summed E-state index contributed by atoms with van der Waals surface area (Å²) in [4.78, 5) is 2.30. The molecule has 0 spiro atoms. The molecule has 3 N–H and O–H groups in total. The van der Waals surface area contributed by atoms with Crippen LogP contribution >= 0.6 is 0 Å². The molecule has 0 aromatic heterocycles. The first-order valence-corrected chi connectivity index (χ1v) is 9.70. The van der Waals surface area contributed by atoms with Gasteiger partial charge in [-0.05, 0) is 49.6 Å². The molecule has 3 rings (SSSR count). The number of piperidine rings is 1. The van der Waals surface area contributed by atoms with Gasteiger partial charge >= 0.3 is 0 Å². The highest BCUT2D eigenvalue weighted by atomic mass is 16.5. The van der Waals surface area contributed by atoms with Crippen molar-refractivity contribution in [2.75, 3.05) is 26.2 Å². The van der Waals surface area contributed by atoms with Crippen molar-refractivity contribution in [3.8, 4) is 11.5 Å². The fourth-order valence-corrected chi connectivity index (χ4v) is 3.32. The van der Waals surface area contributed by atoms with Crippen LogP contribution in [0.4, 0.5) is 0 Å². The molecule has 1 aliphatic heterocycles. The van der Waals surface area contributed by atoms with Crippen molar-refractivity contribution in [2.24, 2.45) is 0 Å². The van der Waals surface area contributed by atoms with Crippen molar-refractivity contribution >= 4 is 0 Å². The Morgan fingerprint density at radius 1 is 1.11 bits per heavy atom. The number of rotatable bonds is 8. The molecule has 146 valence electrons. The minimum absolute atomic E-state index is 0.0157. The van der Waals surface area contributed by atoms with Gasteiger partial charge in [0.15, 0.2) is 0 Å². The molecule has 2 aromatic carbocycles. The van der Waals surface area contributed by atoms with Gasteiger partial charge in [-0.2, -0.15) is 0 Å². The van der Waals surface area contributed by atoms with E-state index in [0.29, 0.717) is 6.54 Å². The van der Waals surface area contributed by atoms with E-state index in [-0.39, 0.29) is 18.8 Å². The van der Waals surface area contributed by atoms with Gasteiger partial charge in [0, 0.05) is 32.2 Å². The van der Waals surface area contributed by atoms with Crippen LogP contribution in [0.25, 0.3) is 0 Å². The van der Waals surface area contributed by atoms with Gasteiger partial charge in [-0.15, -0.1) is 0 Å². The summed E-state index contributed by atoms with van der Waals surface area (Å²) in [5.74, 6) is 1.63. The molecule has 2 aromatic rings. The highest BCUT2D eigenvalue weighted by Gasteiger charge is 2.19. The Balaban J connectivity index is 1.51. The van der Waals surface area contributed by atoms with E-state index in [1.54, 1.807) is 0 Å². The van der Waals surface area contributed by atoms with Crippen molar-refractivity contribution in [3.63, 3.8) is 0 Å². The van der Waals surface area contributed by atoms with Crippen molar-refractivity contribution in [3.05, 3.63) is 59.7 Å². The van der Waals surface area contributed by atoms with E-state index in [1.807, 2.05) is 42.5 Å². The first-order chi connectivity index (χ1) is 13.1. The Morgan fingerprint density at radius 3 is 2.56 bits per heavy atom. The van der Waals surface area contributed by atoms with Gasteiger partial charge in [-0.1, -0.05) is 29.8 Å². The summed E-state index contributed by atoms with van der Waals surface area (Å²) in [5.41, 5.74) is 2.32.